The van der Waals surface area contributed by atoms with Crippen LogP contribution >= 0.6 is 0 Å². The molecule has 1 atom stereocenters. The Morgan fingerprint density at radius 2 is 1.69 bits per heavy atom. The van der Waals surface area contributed by atoms with Crippen LogP contribution in [0.1, 0.15) is 25.3 Å². The normalized spacial score (nSPS) is 11.5. The second kappa shape index (κ2) is 10.2. The van der Waals surface area contributed by atoms with Gasteiger partial charge in [-0.05, 0) is 36.6 Å². The number of aliphatic hydroxyl groups excluding tert-OH is 1. The summed E-state index contributed by atoms with van der Waals surface area (Å²) >= 11 is 0. The highest BCUT2D eigenvalue weighted by Gasteiger charge is 2.12. The average Bonchev–Trinajstić information content (AvgIpc) is 2.62. The van der Waals surface area contributed by atoms with E-state index >= 15 is 0 Å². The molecule has 3 amide bonds. The smallest absolute Gasteiger partial charge is 0.319 e. The first-order valence-corrected chi connectivity index (χ1v) is 8.73. The summed E-state index contributed by atoms with van der Waals surface area (Å²) < 4.78 is 0. The molecule has 2 rings (SSSR count). The molecule has 0 aliphatic carbocycles. The van der Waals surface area contributed by atoms with Gasteiger partial charge < -0.3 is 21.1 Å². The first kappa shape index (κ1) is 19.5. The van der Waals surface area contributed by atoms with E-state index in [2.05, 4.69) is 16.0 Å². The minimum absolute atomic E-state index is 0.0580. The van der Waals surface area contributed by atoms with Crippen molar-refractivity contribution in [1.29, 1.82) is 0 Å². The summed E-state index contributed by atoms with van der Waals surface area (Å²) in [4.78, 5) is 23.9. The fraction of sp³-hybridized carbons (Fsp3) is 0.300. The highest BCUT2D eigenvalue weighted by atomic mass is 16.3. The number of hydrogen-bond acceptors (Lipinski definition) is 3. The van der Waals surface area contributed by atoms with Gasteiger partial charge in [-0.2, -0.15) is 0 Å². The Morgan fingerprint density at radius 3 is 2.35 bits per heavy atom. The molecular weight excluding hydrogens is 330 g/mol. The minimum atomic E-state index is -0.406. The molecule has 6 nitrogen and oxygen atoms in total. The summed E-state index contributed by atoms with van der Waals surface area (Å²) in [6.07, 6.45) is 1.77. The van der Waals surface area contributed by atoms with Gasteiger partial charge >= 0.3 is 6.03 Å². The van der Waals surface area contributed by atoms with Crippen molar-refractivity contribution in [2.75, 3.05) is 17.2 Å². The Morgan fingerprint density at radius 1 is 1.00 bits per heavy atom. The van der Waals surface area contributed by atoms with Crippen LogP contribution in [0, 0.1) is 0 Å². The van der Waals surface area contributed by atoms with E-state index < -0.39 is 6.03 Å². The number of carbonyl (C=O) groups excluding carboxylic acids is 2. The van der Waals surface area contributed by atoms with Crippen molar-refractivity contribution in [2.45, 2.75) is 32.2 Å². The van der Waals surface area contributed by atoms with Gasteiger partial charge in [-0.25, -0.2) is 4.79 Å². The predicted molar refractivity (Wildman–Crippen MR) is 103 cm³/mol. The number of urea groups is 1. The molecule has 2 aromatic rings. The van der Waals surface area contributed by atoms with Gasteiger partial charge in [0.2, 0.25) is 5.91 Å². The number of aliphatic hydroxyl groups is 1. The molecule has 138 valence electrons. The molecule has 0 fully saturated rings. The van der Waals surface area contributed by atoms with E-state index in [0.29, 0.717) is 24.2 Å². The third-order valence-electron chi connectivity index (χ3n) is 3.76. The molecule has 0 bridgehead atoms. The lowest BCUT2D eigenvalue weighted by atomic mass is 10.1. The Balaban J connectivity index is 1.91. The van der Waals surface area contributed by atoms with Crippen molar-refractivity contribution < 1.29 is 14.7 Å². The maximum Gasteiger partial charge on any atom is 0.319 e. The topological polar surface area (TPSA) is 90.5 Å². The first-order valence-electron chi connectivity index (χ1n) is 8.73. The van der Waals surface area contributed by atoms with Crippen LogP contribution in [0.4, 0.5) is 16.2 Å². The number of rotatable bonds is 8. The average molecular weight is 355 g/mol. The van der Waals surface area contributed by atoms with Crippen molar-refractivity contribution in [3.63, 3.8) is 0 Å². The maximum atomic E-state index is 12.2. The molecule has 0 aromatic heterocycles. The maximum absolute atomic E-state index is 12.2. The standard InChI is InChI=1S/C20H25N3O3/c1-2-7-19(25)21-16-10-6-11-17(13-16)22-20(26)23-18(14-24)12-15-8-4-3-5-9-15/h3-6,8-11,13,18,24H,2,7,12,14H2,1H3,(H,21,25)(H2,22,23,26). The molecule has 0 aliphatic heterocycles. The number of anilines is 2. The summed E-state index contributed by atoms with van der Waals surface area (Å²) in [5.74, 6) is -0.0580. The summed E-state index contributed by atoms with van der Waals surface area (Å²) in [6, 6.07) is 15.8. The van der Waals surface area contributed by atoms with E-state index in [1.165, 1.54) is 0 Å². The summed E-state index contributed by atoms with van der Waals surface area (Å²) in [5, 5.41) is 17.8. The lowest BCUT2D eigenvalue weighted by Gasteiger charge is -2.17. The summed E-state index contributed by atoms with van der Waals surface area (Å²) in [6.45, 7) is 1.78. The number of carbonyl (C=O) groups is 2. The lowest BCUT2D eigenvalue weighted by Crippen LogP contribution is -2.41. The number of benzene rings is 2. The Hall–Kier alpha value is -2.86. The van der Waals surface area contributed by atoms with E-state index in [1.54, 1.807) is 24.3 Å². The highest BCUT2D eigenvalue weighted by Crippen LogP contribution is 2.15. The van der Waals surface area contributed by atoms with Gasteiger partial charge in [0.25, 0.3) is 0 Å². The molecule has 6 heteroatoms. The van der Waals surface area contributed by atoms with Crippen molar-refractivity contribution in [3.05, 3.63) is 60.2 Å². The third-order valence-corrected chi connectivity index (χ3v) is 3.76. The van der Waals surface area contributed by atoms with Crippen LogP contribution in [0.5, 0.6) is 0 Å². The predicted octanol–water partition coefficient (Wildman–Crippen LogP) is 3.15. The second-order valence-corrected chi connectivity index (χ2v) is 6.05. The molecule has 0 saturated carbocycles. The van der Waals surface area contributed by atoms with Crippen LogP contribution in [0.15, 0.2) is 54.6 Å². The van der Waals surface area contributed by atoms with Crippen LogP contribution in [0.3, 0.4) is 0 Å². The molecule has 1 unspecified atom stereocenters. The van der Waals surface area contributed by atoms with Crippen molar-refractivity contribution in [3.8, 4) is 0 Å². The van der Waals surface area contributed by atoms with Crippen LogP contribution in [0.25, 0.3) is 0 Å². The van der Waals surface area contributed by atoms with E-state index in [4.69, 9.17) is 0 Å². The number of nitrogens with one attached hydrogen (secondary N) is 3. The van der Waals surface area contributed by atoms with E-state index in [1.807, 2.05) is 37.3 Å². The van der Waals surface area contributed by atoms with Gasteiger partial charge in [0, 0.05) is 17.8 Å². The number of hydrogen-bond donors (Lipinski definition) is 4. The molecule has 0 heterocycles. The second-order valence-electron chi connectivity index (χ2n) is 6.05. The van der Waals surface area contributed by atoms with Gasteiger partial charge in [-0.3, -0.25) is 4.79 Å². The molecule has 0 saturated heterocycles. The van der Waals surface area contributed by atoms with Gasteiger partial charge in [-0.15, -0.1) is 0 Å². The molecule has 0 radical (unpaired) electrons. The van der Waals surface area contributed by atoms with Gasteiger partial charge in [0.1, 0.15) is 0 Å². The zero-order chi connectivity index (χ0) is 18.8. The minimum Gasteiger partial charge on any atom is -0.394 e. The lowest BCUT2D eigenvalue weighted by molar-refractivity contribution is -0.116. The van der Waals surface area contributed by atoms with Gasteiger partial charge in [0.15, 0.2) is 0 Å². The molecule has 2 aromatic carbocycles. The highest BCUT2D eigenvalue weighted by molar-refractivity contribution is 5.93. The molecule has 26 heavy (non-hydrogen) atoms. The molecule has 0 aliphatic rings. The van der Waals surface area contributed by atoms with Crippen LogP contribution < -0.4 is 16.0 Å². The summed E-state index contributed by atoms with van der Waals surface area (Å²) in [5.41, 5.74) is 2.23. The van der Waals surface area contributed by atoms with E-state index in [-0.39, 0.29) is 18.6 Å². The van der Waals surface area contributed by atoms with Crippen molar-refractivity contribution in [1.82, 2.24) is 5.32 Å². The Labute approximate surface area is 153 Å². The quantitative estimate of drug-likeness (QED) is 0.586. The van der Waals surface area contributed by atoms with Crippen molar-refractivity contribution >= 4 is 23.3 Å². The summed E-state index contributed by atoms with van der Waals surface area (Å²) in [7, 11) is 0. The largest absolute Gasteiger partial charge is 0.394 e. The fourth-order valence-electron chi connectivity index (χ4n) is 2.54. The zero-order valence-electron chi connectivity index (χ0n) is 14.9. The molecular formula is C20H25N3O3. The van der Waals surface area contributed by atoms with Crippen LogP contribution in [0.2, 0.25) is 0 Å². The molecule has 0 spiro atoms. The Bertz CT molecular complexity index is 719. The van der Waals surface area contributed by atoms with Crippen LogP contribution in [-0.4, -0.2) is 29.7 Å². The first-order chi connectivity index (χ1) is 12.6. The fourth-order valence-corrected chi connectivity index (χ4v) is 2.54. The van der Waals surface area contributed by atoms with Gasteiger partial charge in [0.05, 0.1) is 12.6 Å². The van der Waals surface area contributed by atoms with E-state index in [0.717, 1.165) is 12.0 Å². The molecule has 4 N–H and O–H groups in total. The SMILES string of the molecule is CCCC(=O)Nc1cccc(NC(=O)NC(CO)Cc2ccccc2)c1. The van der Waals surface area contributed by atoms with E-state index in [9.17, 15) is 14.7 Å². The van der Waals surface area contributed by atoms with Gasteiger partial charge in [-0.1, -0.05) is 43.3 Å². The Kier molecular flexibility index (Phi) is 7.64. The van der Waals surface area contributed by atoms with Crippen molar-refractivity contribution in [2.24, 2.45) is 0 Å². The monoisotopic (exact) mass is 355 g/mol. The number of amides is 3. The third kappa shape index (κ3) is 6.57. The van der Waals surface area contributed by atoms with Crippen LogP contribution in [-0.2, 0) is 11.2 Å². The zero-order valence-corrected chi connectivity index (χ0v) is 14.9.